The number of rotatable bonds is 7. The molecule has 30 heavy (non-hydrogen) atoms. The zero-order valence-electron chi connectivity index (χ0n) is 18.6. The summed E-state index contributed by atoms with van der Waals surface area (Å²) in [7, 11) is 0. The highest BCUT2D eigenvalue weighted by atomic mass is 79.9. The molecule has 0 aliphatic heterocycles. The minimum atomic E-state index is -0.631. The summed E-state index contributed by atoms with van der Waals surface area (Å²) in [5.74, 6) is 0.182. The van der Waals surface area contributed by atoms with E-state index >= 15 is 0 Å². The summed E-state index contributed by atoms with van der Waals surface area (Å²) in [6.07, 6.45) is 0. The van der Waals surface area contributed by atoms with Crippen molar-refractivity contribution in [3.05, 3.63) is 63.6 Å². The van der Waals surface area contributed by atoms with Crippen LogP contribution in [0.5, 0.6) is 5.75 Å². The predicted octanol–water partition coefficient (Wildman–Crippen LogP) is 4.78. The minimum Gasteiger partial charge on any atom is -0.484 e. The molecule has 0 spiro atoms. The predicted molar refractivity (Wildman–Crippen MR) is 123 cm³/mol. The summed E-state index contributed by atoms with van der Waals surface area (Å²) in [5, 5.41) is 2.96. The summed E-state index contributed by atoms with van der Waals surface area (Å²) >= 11 is 3.46. The van der Waals surface area contributed by atoms with E-state index in [0.29, 0.717) is 12.3 Å². The van der Waals surface area contributed by atoms with Gasteiger partial charge in [0.05, 0.1) is 0 Å². The Bertz CT molecular complexity index is 888. The van der Waals surface area contributed by atoms with Gasteiger partial charge in [-0.3, -0.25) is 9.59 Å². The van der Waals surface area contributed by atoms with Crippen molar-refractivity contribution in [2.75, 3.05) is 6.61 Å². The van der Waals surface area contributed by atoms with Crippen LogP contribution in [0.3, 0.4) is 0 Å². The number of amides is 2. The Labute approximate surface area is 187 Å². The molecule has 2 aromatic rings. The van der Waals surface area contributed by atoms with Gasteiger partial charge in [-0.05, 0) is 70.9 Å². The number of hydrogen-bond donors (Lipinski definition) is 1. The van der Waals surface area contributed by atoms with E-state index in [-0.39, 0.29) is 24.0 Å². The third-order valence-corrected chi connectivity index (χ3v) is 5.52. The van der Waals surface area contributed by atoms with Crippen molar-refractivity contribution in [1.82, 2.24) is 10.2 Å². The zero-order chi connectivity index (χ0) is 22.5. The van der Waals surface area contributed by atoms with Crippen molar-refractivity contribution in [2.45, 2.75) is 59.7 Å². The molecular formula is C24H31BrN2O3. The highest BCUT2D eigenvalue weighted by molar-refractivity contribution is 9.10. The third kappa shape index (κ3) is 7.17. The van der Waals surface area contributed by atoms with Gasteiger partial charge < -0.3 is 15.0 Å². The van der Waals surface area contributed by atoms with Crippen molar-refractivity contribution in [1.29, 1.82) is 0 Å². The number of carbonyl (C=O) groups excluding carboxylic acids is 2. The summed E-state index contributed by atoms with van der Waals surface area (Å²) in [5.41, 5.74) is 2.75. The Morgan fingerprint density at radius 2 is 1.73 bits per heavy atom. The summed E-state index contributed by atoms with van der Waals surface area (Å²) in [6.45, 7) is 11.7. The Kier molecular flexibility index (Phi) is 8.07. The molecule has 0 heterocycles. The maximum Gasteiger partial charge on any atom is 0.261 e. The molecule has 0 saturated carbocycles. The normalized spacial score (nSPS) is 12.2. The second kappa shape index (κ2) is 10.1. The van der Waals surface area contributed by atoms with Gasteiger partial charge in [0.15, 0.2) is 6.61 Å². The Balaban J connectivity index is 2.17. The molecular weight excluding hydrogens is 444 g/mol. The number of carbonyl (C=O) groups is 2. The summed E-state index contributed by atoms with van der Waals surface area (Å²) in [6, 6.07) is 12.9. The lowest BCUT2D eigenvalue weighted by atomic mass is 10.1. The Morgan fingerprint density at radius 1 is 1.10 bits per heavy atom. The average molecular weight is 475 g/mol. The van der Waals surface area contributed by atoms with Crippen LogP contribution in [-0.4, -0.2) is 34.9 Å². The molecule has 2 rings (SSSR count). The fraction of sp³-hybridized carbons (Fsp3) is 0.417. The number of nitrogens with zero attached hydrogens (tertiary/aromatic N) is 1. The van der Waals surface area contributed by atoms with E-state index in [1.807, 2.05) is 77.1 Å². The minimum absolute atomic E-state index is 0.139. The van der Waals surface area contributed by atoms with Crippen LogP contribution < -0.4 is 10.1 Å². The second-order valence-electron chi connectivity index (χ2n) is 8.62. The monoisotopic (exact) mass is 474 g/mol. The van der Waals surface area contributed by atoms with Gasteiger partial charge in [-0.25, -0.2) is 0 Å². The first-order chi connectivity index (χ1) is 14.0. The molecule has 0 saturated heterocycles. The Hall–Kier alpha value is -2.34. The largest absolute Gasteiger partial charge is 0.484 e. The average Bonchev–Trinajstić information content (AvgIpc) is 2.66. The van der Waals surface area contributed by atoms with Gasteiger partial charge in [0.1, 0.15) is 11.8 Å². The van der Waals surface area contributed by atoms with Crippen LogP contribution in [-0.2, 0) is 16.1 Å². The first-order valence-electron chi connectivity index (χ1n) is 10.0. The molecule has 0 aliphatic rings. The lowest BCUT2D eigenvalue weighted by Crippen LogP contribution is -2.53. The molecule has 0 bridgehead atoms. The number of hydrogen-bond acceptors (Lipinski definition) is 3. The fourth-order valence-corrected chi connectivity index (χ4v) is 3.13. The number of nitrogens with one attached hydrogen (secondary N) is 1. The first-order valence-corrected chi connectivity index (χ1v) is 10.8. The van der Waals surface area contributed by atoms with Crippen LogP contribution in [0.25, 0.3) is 0 Å². The van der Waals surface area contributed by atoms with Crippen molar-refractivity contribution in [3.8, 4) is 5.75 Å². The third-order valence-electron chi connectivity index (χ3n) is 4.63. The van der Waals surface area contributed by atoms with Crippen LogP contribution in [0.1, 0.15) is 44.4 Å². The van der Waals surface area contributed by atoms with Crippen LogP contribution in [0, 0.1) is 13.8 Å². The van der Waals surface area contributed by atoms with Gasteiger partial charge in [-0.1, -0.05) is 45.8 Å². The van der Waals surface area contributed by atoms with Gasteiger partial charge in [0, 0.05) is 16.6 Å². The Morgan fingerprint density at radius 3 is 2.30 bits per heavy atom. The molecule has 6 heteroatoms. The van der Waals surface area contributed by atoms with E-state index in [9.17, 15) is 9.59 Å². The van der Waals surface area contributed by atoms with Crippen LogP contribution in [0.4, 0.5) is 0 Å². The van der Waals surface area contributed by atoms with Crippen molar-refractivity contribution in [2.24, 2.45) is 0 Å². The van der Waals surface area contributed by atoms with E-state index in [1.54, 1.807) is 11.8 Å². The molecule has 0 aromatic heterocycles. The summed E-state index contributed by atoms with van der Waals surface area (Å²) < 4.78 is 6.71. The highest BCUT2D eigenvalue weighted by Gasteiger charge is 2.28. The van der Waals surface area contributed by atoms with Gasteiger partial charge >= 0.3 is 0 Å². The maximum absolute atomic E-state index is 13.1. The van der Waals surface area contributed by atoms with Crippen molar-refractivity contribution < 1.29 is 14.3 Å². The summed E-state index contributed by atoms with van der Waals surface area (Å²) in [4.78, 5) is 27.4. The van der Waals surface area contributed by atoms with Crippen LogP contribution in [0.2, 0.25) is 0 Å². The highest BCUT2D eigenvalue weighted by Crippen LogP contribution is 2.22. The number of benzene rings is 2. The SMILES string of the molecule is Cc1ccc(CN(C(=O)COc2ccc(Br)c(C)c2)C(C)C(=O)NC(C)(C)C)cc1. The molecule has 2 aromatic carbocycles. The number of halogens is 1. The zero-order valence-corrected chi connectivity index (χ0v) is 20.2. The molecule has 1 N–H and O–H groups in total. The molecule has 0 fully saturated rings. The molecule has 0 radical (unpaired) electrons. The van der Waals surface area contributed by atoms with Crippen molar-refractivity contribution >= 4 is 27.7 Å². The molecule has 1 atom stereocenters. The van der Waals surface area contributed by atoms with Gasteiger partial charge in [-0.2, -0.15) is 0 Å². The second-order valence-corrected chi connectivity index (χ2v) is 9.48. The molecule has 2 amide bonds. The van der Waals surface area contributed by atoms with Gasteiger partial charge in [0.2, 0.25) is 5.91 Å². The van der Waals surface area contributed by atoms with Gasteiger partial charge in [0.25, 0.3) is 5.91 Å². The fourth-order valence-electron chi connectivity index (χ4n) is 2.88. The lowest BCUT2D eigenvalue weighted by molar-refractivity contribution is -0.142. The lowest BCUT2D eigenvalue weighted by Gasteiger charge is -2.31. The van der Waals surface area contributed by atoms with E-state index in [0.717, 1.165) is 21.2 Å². The van der Waals surface area contributed by atoms with E-state index in [4.69, 9.17) is 4.74 Å². The number of ether oxygens (including phenoxy) is 1. The maximum atomic E-state index is 13.1. The van der Waals surface area contributed by atoms with E-state index in [2.05, 4.69) is 21.2 Å². The smallest absolute Gasteiger partial charge is 0.261 e. The van der Waals surface area contributed by atoms with E-state index in [1.165, 1.54) is 0 Å². The van der Waals surface area contributed by atoms with Crippen LogP contribution in [0.15, 0.2) is 46.9 Å². The molecule has 5 nitrogen and oxygen atoms in total. The number of aryl methyl sites for hydroxylation is 2. The quantitative estimate of drug-likeness (QED) is 0.628. The van der Waals surface area contributed by atoms with Gasteiger partial charge in [-0.15, -0.1) is 0 Å². The topological polar surface area (TPSA) is 58.6 Å². The molecule has 1 unspecified atom stereocenters. The van der Waals surface area contributed by atoms with E-state index < -0.39 is 6.04 Å². The standard InChI is InChI=1S/C24H31BrN2O3/c1-16-7-9-19(10-8-16)14-27(18(3)23(29)26-24(4,5)6)22(28)15-30-20-11-12-21(25)17(2)13-20/h7-13,18H,14-15H2,1-6H3,(H,26,29). The molecule has 162 valence electrons. The first kappa shape index (κ1) is 23.9. The van der Waals surface area contributed by atoms with Crippen LogP contribution >= 0.6 is 15.9 Å². The molecule has 0 aliphatic carbocycles. The van der Waals surface area contributed by atoms with Crippen molar-refractivity contribution in [3.63, 3.8) is 0 Å².